The molecule has 0 aliphatic heterocycles. The standard InChI is InChI=1S/C5H8N4O2S/c1-12(6,11)9-4-2-3-5(10)8-7-4/h2-3H,1H3,(H,8,10)(H2,6,7,9,11). The largest absolute Gasteiger partial charge is 0.282 e. The second-order valence-electron chi connectivity index (χ2n) is 2.25. The van der Waals surface area contributed by atoms with Gasteiger partial charge in [-0.25, -0.2) is 14.1 Å². The van der Waals surface area contributed by atoms with E-state index in [0.717, 1.165) is 0 Å². The Labute approximate surface area is 69.1 Å². The van der Waals surface area contributed by atoms with Crippen molar-refractivity contribution in [2.45, 2.75) is 0 Å². The van der Waals surface area contributed by atoms with E-state index in [2.05, 4.69) is 14.9 Å². The smallest absolute Gasteiger partial charge is 0.264 e. The summed E-state index contributed by atoms with van der Waals surface area (Å²) in [4.78, 5) is 10.5. The molecule has 0 aromatic carbocycles. The number of aromatic amines is 1. The molecule has 0 bridgehead atoms. The van der Waals surface area contributed by atoms with Crippen LogP contribution in [0.25, 0.3) is 0 Å². The fourth-order valence-electron chi connectivity index (χ4n) is 0.601. The van der Waals surface area contributed by atoms with Gasteiger partial charge < -0.3 is 0 Å². The summed E-state index contributed by atoms with van der Waals surface area (Å²) in [7, 11) is -2.82. The van der Waals surface area contributed by atoms with Crippen molar-refractivity contribution >= 4 is 15.7 Å². The number of anilines is 1. The van der Waals surface area contributed by atoms with Crippen molar-refractivity contribution in [1.29, 1.82) is 4.78 Å². The minimum absolute atomic E-state index is 0.220. The third kappa shape index (κ3) is 2.70. The molecule has 12 heavy (non-hydrogen) atoms. The first-order chi connectivity index (χ1) is 5.47. The predicted molar refractivity (Wildman–Crippen MR) is 45.3 cm³/mol. The van der Waals surface area contributed by atoms with Crippen LogP contribution in [0.15, 0.2) is 16.9 Å². The molecule has 0 aliphatic rings. The van der Waals surface area contributed by atoms with Crippen LogP contribution >= 0.6 is 0 Å². The van der Waals surface area contributed by atoms with Crippen LogP contribution in [0.3, 0.4) is 0 Å². The van der Waals surface area contributed by atoms with Gasteiger partial charge in [-0.1, -0.05) is 0 Å². The highest BCUT2D eigenvalue weighted by atomic mass is 32.2. The van der Waals surface area contributed by atoms with Crippen LogP contribution in [-0.4, -0.2) is 20.7 Å². The fourth-order valence-corrected chi connectivity index (χ4v) is 1.11. The van der Waals surface area contributed by atoms with Crippen molar-refractivity contribution in [3.05, 3.63) is 22.5 Å². The summed E-state index contributed by atoms with van der Waals surface area (Å²) >= 11 is 0. The van der Waals surface area contributed by atoms with Gasteiger partial charge in [0, 0.05) is 12.3 Å². The van der Waals surface area contributed by atoms with Crippen LogP contribution in [-0.2, 0) is 9.92 Å². The van der Waals surface area contributed by atoms with E-state index in [1.807, 2.05) is 0 Å². The molecule has 1 rings (SSSR count). The Morgan fingerprint density at radius 3 is 2.75 bits per heavy atom. The lowest BCUT2D eigenvalue weighted by molar-refractivity contribution is 0.682. The van der Waals surface area contributed by atoms with Crippen molar-refractivity contribution < 1.29 is 4.21 Å². The van der Waals surface area contributed by atoms with Crippen LogP contribution in [0.4, 0.5) is 5.82 Å². The second kappa shape index (κ2) is 2.94. The lowest BCUT2D eigenvalue weighted by Crippen LogP contribution is -2.13. The molecule has 0 aliphatic carbocycles. The lowest BCUT2D eigenvalue weighted by Gasteiger charge is -2.02. The Balaban J connectivity index is 2.93. The highest BCUT2D eigenvalue weighted by Gasteiger charge is 1.97. The van der Waals surface area contributed by atoms with Gasteiger partial charge in [-0.15, -0.1) is 0 Å². The number of aromatic nitrogens is 2. The molecule has 0 saturated carbocycles. The summed E-state index contributed by atoms with van der Waals surface area (Å²) in [6.07, 6.45) is 1.22. The second-order valence-corrected chi connectivity index (χ2v) is 4.14. The molecule has 0 saturated heterocycles. The molecular weight excluding hydrogens is 180 g/mol. The molecule has 66 valence electrons. The topological polar surface area (TPSA) is 98.7 Å². The average molecular weight is 188 g/mol. The highest BCUT2D eigenvalue weighted by Crippen LogP contribution is 1.98. The van der Waals surface area contributed by atoms with Crippen LogP contribution in [0, 0.1) is 4.78 Å². The summed E-state index contributed by atoms with van der Waals surface area (Å²) in [5.41, 5.74) is -0.340. The number of rotatable bonds is 2. The number of nitrogens with one attached hydrogen (secondary N) is 3. The van der Waals surface area contributed by atoms with Gasteiger partial charge in [0.15, 0.2) is 5.82 Å². The molecule has 1 aromatic rings. The molecular formula is C5H8N4O2S. The maximum atomic E-state index is 10.9. The van der Waals surface area contributed by atoms with E-state index >= 15 is 0 Å². The third-order valence-electron chi connectivity index (χ3n) is 0.978. The fraction of sp³-hybridized carbons (Fsp3) is 0.200. The zero-order valence-corrected chi connectivity index (χ0v) is 7.14. The summed E-state index contributed by atoms with van der Waals surface area (Å²) in [5.74, 6) is 0.220. The van der Waals surface area contributed by atoms with Crippen LogP contribution in [0.5, 0.6) is 0 Å². The summed E-state index contributed by atoms with van der Waals surface area (Å²) in [6.45, 7) is 0. The van der Waals surface area contributed by atoms with Crippen molar-refractivity contribution in [3.63, 3.8) is 0 Å². The summed E-state index contributed by atoms with van der Waals surface area (Å²) in [6, 6.07) is 2.59. The molecule has 6 nitrogen and oxygen atoms in total. The molecule has 0 fully saturated rings. The first-order valence-electron chi connectivity index (χ1n) is 3.05. The first-order valence-corrected chi connectivity index (χ1v) is 5.01. The number of hydrogen-bond donors (Lipinski definition) is 3. The lowest BCUT2D eigenvalue weighted by atomic mass is 10.5. The van der Waals surface area contributed by atoms with Crippen LogP contribution in [0.2, 0.25) is 0 Å². The van der Waals surface area contributed by atoms with Gasteiger partial charge in [0.1, 0.15) is 9.92 Å². The molecule has 1 heterocycles. The van der Waals surface area contributed by atoms with Crippen molar-refractivity contribution in [3.8, 4) is 0 Å². The molecule has 0 amide bonds. The SMILES string of the molecule is CS(=N)(=O)Nc1ccc(=O)[nH]n1. The van der Waals surface area contributed by atoms with Gasteiger partial charge in [0.2, 0.25) is 0 Å². The van der Waals surface area contributed by atoms with Gasteiger partial charge in [0.05, 0.1) is 0 Å². The van der Waals surface area contributed by atoms with E-state index < -0.39 is 9.92 Å². The summed E-state index contributed by atoms with van der Waals surface area (Å²) in [5, 5.41) is 5.66. The summed E-state index contributed by atoms with van der Waals surface area (Å²) < 4.78 is 20.2. The van der Waals surface area contributed by atoms with E-state index in [9.17, 15) is 9.00 Å². The Hall–Kier alpha value is -1.37. The van der Waals surface area contributed by atoms with Gasteiger partial charge in [-0.05, 0) is 6.07 Å². The number of H-pyrrole nitrogens is 1. The van der Waals surface area contributed by atoms with E-state index in [1.54, 1.807) is 0 Å². The monoisotopic (exact) mass is 188 g/mol. The zero-order chi connectivity index (χ0) is 9.19. The number of hydrogen-bond acceptors (Lipinski definition) is 4. The van der Waals surface area contributed by atoms with Gasteiger partial charge in [0.25, 0.3) is 5.56 Å². The van der Waals surface area contributed by atoms with Crippen LogP contribution in [0.1, 0.15) is 0 Å². The normalized spacial score (nSPS) is 15.1. The van der Waals surface area contributed by atoms with Gasteiger partial charge in [-0.2, -0.15) is 5.10 Å². The van der Waals surface area contributed by atoms with E-state index in [4.69, 9.17) is 4.78 Å². The molecule has 3 N–H and O–H groups in total. The Kier molecular flexibility index (Phi) is 2.13. The Morgan fingerprint density at radius 2 is 2.33 bits per heavy atom. The van der Waals surface area contributed by atoms with Gasteiger partial charge in [-0.3, -0.25) is 9.52 Å². The Morgan fingerprint density at radius 1 is 1.67 bits per heavy atom. The van der Waals surface area contributed by atoms with Crippen molar-refractivity contribution in [1.82, 2.24) is 10.2 Å². The van der Waals surface area contributed by atoms with Crippen molar-refractivity contribution in [2.75, 3.05) is 11.0 Å². The first kappa shape index (κ1) is 8.72. The van der Waals surface area contributed by atoms with Crippen molar-refractivity contribution in [2.24, 2.45) is 0 Å². The minimum Gasteiger partial charge on any atom is -0.282 e. The molecule has 0 radical (unpaired) electrons. The average Bonchev–Trinajstić information content (AvgIpc) is 1.91. The van der Waals surface area contributed by atoms with Gasteiger partial charge >= 0.3 is 0 Å². The van der Waals surface area contributed by atoms with E-state index in [1.165, 1.54) is 18.4 Å². The third-order valence-corrected chi connectivity index (χ3v) is 1.58. The molecule has 1 unspecified atom stereocenters. The molecule has 0 spiro atoms. The van der Waals surface area contributed by atoms with E-state index in [-0.39, 0.29) is 11.4 Å². The Bertz CT molecular complexity index is 401. The molecule has 7 heteroatoms. The van der Waals surface area contributed by atoms with Crippen LogP contribution < -0.4 is 10.3 Å². The number of nitrogens with zero attached hydrogens (tertiary/aromatic N) is 1. The molecule has 1 aromatic heterocycles. The molecule has 1 atom stereocenters. The zero-order valence-electron chi connectivity index (χ0n) is 6.33. The highest BCUT2D eigenvalue weighted by molar-refractivity contribution is 7.93. The predicted octanol–water partition coefficient (Wildman–Crippen LogP) is -0.227. The maximum absolute atomic E-state index is 10.9. The minimum atomic E-state index is -2.82. The van der Waals surface area contributed by atoms with E-state index in [0.29, 0.717) is 0 Å². The maximum Gasteiger partial charge on any atom is 0.264 e. The quantitative estimate of drug-likeness (QED) is 0.598.